The number of rotatable bonds is 10. The van der Waals surface area contributed by atoms with Gasteiger partial charge in [0.15, 0.2) is 0 Å². The molecule has 4 rings (SSSR count). The van der Waals surface area contributed by atoms with E-state index in [4.69, 9.17) is 9.47 Å². The molecular weight excluding hydrogens is 412 g/mol. The summed E-state index contributed by atoms with van der Waals surface area (Å²) in [5, 5.41) is 3.16. The molecule has 0 atom stereocenters. The minimum atomic E-state index is 0.327. The van der Waals surface area contributed by atoms with Gasteiger partial charge in [-0.1, -0.05) is 60.7 Å². The highest BCUT2D eigenvalue weighted by Gasteiger charge is 2.13. The molecule has 1 N–H and O–H groups in total. The molecule has 0 saturated carbocycles. The van der Waals surface area contributed by atoms with Crippen molar-refractivity contribution >= 4 is 6.29 Å². The van der Waals surface area contributed by atoms with Crippen LogP contribution >= 0.6 is 0 Å². The number of carbonyl (C=O) groups excluding carboxylic acids is 1. The number of nitrogens with zero attached hydrogens (tertiary/aromatic N) is 1. The first kappa shape index (κ1) is 23.2. The Morgan fingerprint density at radius 1 is 0.970 bits per heavy atom. The van der Waals surface area contributed by atoms with Crippen molar-refractivity contribution in [2.45, 2.75) is 13.5 Å². The SMILES string of the molecule is Cc1c(-c2ccccc2)cccc1-c1ccc(CNCC=O)c(OCCN2CCOCC2)c1. The normalized spacial score (nSPS) is 14.2. The molecule has 172 valence electrons. The van der Waals surface area contributed by atoms with Gasteiger partial charge in [-0.2, -0.15) is 0 Å². The van der Waals surface area contributed by atoms with Crippen LogP contribution in [0.5, 0.6) is 5.75 Å². The minimum absolute atomic E-state index is 0.327. The maximum atomic E-state index is 10.7. The molecule has 1 heterocycles. The molecule has 1 aliphatic rings. The fourth-order valence-electron chi connectivity index (χ4n) is 4.26. The van der Waals surface area contributed by atoms with Crippen LogP contribution in [0.3, 0.4) is 0 Å². The van der Waals surface area contributed by atoms with Gasteiger partial charge in [0.25, 0.3) is 0 Å². The van der Waals surface area contributed by atoms with Gasteiger partial charge in [0.2, 0.25) is 0 Å². The second kappa shape index (κ2) is 11.8. The molecule has 0 amide bonds. The quantitative estimate of drug-likeness (QED) is 0.373. The highest BCUT2D eigenvalue weighted by molar-refractivity contribution is 5.79. The molecule has 1 aliphatic heterocycles. The molecule has 33 heavy (non-hydrogen) atoms. The Bertz CT molecular complexity index is 1050. The van der Waals surface area contributed by atoms with E-state index in [1.165, 1.54) is 22.3 Å². The molecule has 3 aromatic carbocycles. The summed E-state index contributed by atoms with van der Waals surface area (Å²) < 4.78 is 11.7. The zero-order valence-electron chi connectivity index (χ0n) is 19.3. The lowest BCUT2D eigenvalue weighted by molar-refractivity contribution is -0.107. The lowest BCUT2D eigenvalue weighted by Crippen LogP contribution is -2.38. The first-order valence-electron chi connectivity index (χ1n) is 11.6. The average Bonchev–Trinajstić information content (AvgIpc) is 2.86. The number of hydrogen-bond donors (Lipinski definition) is 1. The summed E-state index contributed by atoms with van der Waals surface area (Å²) in [5.41, 5.74) is 7.08. The first-order chi connectivity index (χ1) is 16.3. The molecule has 3 aromatic rings. The lowest BCUT2D eigenvalue weighted by Gasteiger charge is -2.26. The predicted octanol–water partition coefficient (Wildman–Crippen LogP) is 4.33. The van der Waals surface area contributed by atoms with Crippen molar-refractivity contribution in [3.8, 4) is 28.0 Å². The summed E-state index contributed by atoms with van der Waals surface area (Å²) >= 11 is 0. The van der Waals surface area contributed by atoms with Crippen molar-refractivity contribution < 1.29 is 14.3 Å². The summed E-state index contributed by atoms with van der Waals surface area (Å²) in [6.45, 7) is 8.05. The van der Waals surface area contributed by atoms with Gasteiger partial charge >= 0.3 is 0 Å². The number of aldehydes is 1. The van der Waals surface area contributed by atoms with E-state index >= 15 is 0 Å². The maximum absolute atomic E-state index is 10.7. The molecular formula is C28H32N2O3. The van der Waals surface area contributed by atoms with Crippen LogP contribution in [0.4, 0.5) is 0 Å². The smallest absolute Gasteiger partial charge is 0.133 e. The zero-order chi connectivity index (χ0) is 22.9. The minimum Gasteiger partial charge on any atom is -0.492 e. The Morgan fingerprint density at radius 3 is 2.48 bits per heavy atom. The number of carbonyl (C=O) groups is 1. The fourth-order valence-corrected chi connectivity index (χ4v) is 4.26. The van der Waals surface area contributed by atoms with E-state index in [9.17, 15) is 4.79 Å². The number of ether oxygens (including phenoxy) is 2. The highest BCUT2D eigenvalue weighted by Crippen LogP contribution is 2.34. The van der Waals surface area contributed by atoms with E-state index in [0.29, 0.717) is 19.7 Å². The summed E-state index contributed by atoms with van der Waals surface area (Å²) in [6, 6.07) is 23.3. The molecule has 0 radical (unpaired) electrons. The Hall–Kier alpha value is -2.99. The molecule has 0 spiro atoms. The zero-order valence-corrected chi connectivity index (χ0v) is 19.3. The van der Waals surface area contributed by atoms with Gasteiger partial charge in [-0.25, -0.2) is 0 Å². The van der Waals surface area contributed by atoms with Crippen LogP contribution in [0, 0.1) is 6.92 Å². The predicted molar refractivity (Wildman–Crippen MR) is 133 cm³/mol. The Morgan fingerprint density at radius 2 is 1.73 bits per heavy atom. The molecule has 1 fully saturated rings. The van der Waals surface area contributed by atoms with Crippen molar-refractivity contribution in [3.63, 3.8) is 0 Å². The van der Waals surface area contributed by atoms with Crippen LogP contribution in [0.25, 0.3) is 22.3 Å². The molecule has 0 unspecified atom stereocenters. The van der Waals surface area contributed by atoms with Crippen LogP contribution in [0.2, 0.25) is 0 Å². The van der Waals surface area contributed by atoms with Crippen molar-refractivity contribution in [1.82, 2.24) is 10.2 Å². The molecule has 5 nitrogen and oxygen atoms in total. The Balaban J connectivity index is 1.58. The first-order valence-corrected chi connectivity index (χ1v) is 11.6. The van der Waals surface area contributed by atoms with E-state index in [0.717, 1.165) is 56.0 Å². The van der Waals surface area contributed by atoms with Crippen LogP contribution in [-0.4, -0.2) is 57.2 Å². The van der Waals surface area contributed by atoms with Gasteiger partial charge in [-0.15, -0.1) is 0 Å². The summed E-state index contributed by atoms with van der Waals surface area (Å²) in [6.07, 6.45) is 0.881. The Kier molecular flexibility index (Phi) is 8.25. The summed E-state index contributed by atoms with van der Waals surface area (Å²) in [7, 11) is 0. The third-order valence-electron chi connectivity index (χ3n) is 6.11. The number of hydrogen-bond acceptors (Lipinski definition) is 5. The maximum Gasteiger partial charge on any atom is 0.133 e. The molecule has 0 aliphatic carbocycles. The van der Waals surface area contributed by atoms with Crippen LogP contribution in [0.15, 0.2) is 66.7 Å². The second-order valence-corrected chi connectivity index (χ2v) is 8.27. The third-order valence-corrected chi connectivity index (χ3v) is 6.11. The number of nitrogens with one attached hydrogen (secondary N) is 1. The molecule has 1 saturated heterocycles. The third kappa shape index (κ3) is 6.08. The summed E-state index contributed by atoms with van der Waals surface area (Å²) in [4.78, 5) is 13.1. The van der Waals surface area contributed by atoms with Gasteiger partial charge in [0.05, 0.1) is 19.8 Å². The van der Waals surface area contributed by atoms with E-state index in [2.05, 4.69) is 77.8 Å². The fraction of sp³-hybridized carbons (Fsp3) is 0.321. The van der Waals surface area contributed by atoms with Crippen molar-refractivity contribution in [2.75, 3.05) is 46.0 Å². The Labute approximate surface area is 196 Å². The van der Waals surface area contributed by atoms with Gasteiger partial charge in [0, 0.05) is 31.7 Å². The standard InChI is InChI=1S/C28H32N2O3/c1-22-26(23-6-3-2-4-7-23)8-5-9-27(22)24-10-11-25(21-29-12-16-31)28(20-24)33-19-15-30-13-17-32-18-14-30/h2-11,16,20,29H,12-15,17-19,21H2,1H3. The number of morpholine rings is 1. The molecule has 0 aromatic heterocycles. The van der Waals surface area contributed by atoms with E-state index in [1.807, 2.05) is 6.07 Å². The van der Waals surface area contributed by atoms with Gasteiger partial charge in [-0.3, -0.25) is 4.90 Å². The van der Waals surface area contributed by atoms with Crippen LogP contribution in [-0.2, 0) is 16.1 Å². The second-order valence-electron chi connectivity index (χ2n) is 8.27. The van der Waals surface area contributed by atoms with E-state index in [-0.39, 0.29) is 0 Å². The van der Waals surface area contributed by atoms with Crippen molar-refractivity contribution in [1.29, 1.82) is 0 Å². The van der Waals surface area contributed by atoms with Crippen LogP contribution < -0.4 is 10.1 Å². The topological polar surface area (TPSA) is 50.8 Å². The lowest BCUT2D eigenvalue weighted by atomic mass is 9.92. The van der Waals surface area contributed by atoms with Gasteiger partial charge in [0.1, 0.15) is 18.6 Å². The van der Waals surface area contributed by atoms with Gasteiger partial charge in [-0.05, 0) is 40.8 Å². The highest BCUT2D eigenvalue weighted by atomic mass is 16.5. The molecule has 0 bridgehead atoms. The van der Waals surface area contributed by atoms with E-state index in [1.54, 1.807) is 0 Å². The van der Waals surface area contributed by atoms with Crippen molar-refractivity contribution in [3.05, 3.63) is 77.9 Å². The van der Waals surface area contributed by atoms with Crippen LogP contribution in [0.1, 0.15) is 11.1 Å². The largest absolute Gasteiger partial charge is 0.492 e. The van der Waals surface area contributed by atoms with Crippen molar-refractivity contribution in [2.24, 2.45) is 0 Å². The number of benzene rings is 3. The average molecular weight is 445 g/mol. The van der Waals surface area contributed by atoms with E-state index < -0.39 is 0 Å². The van der Waals surface area contributed by atoms with Gasteiger partial charge < -0.3 is 19.6 Å². The monoisotopic (exact) mass is 444 g/mol. The molecule has 5 heteroatoms. The summed E-state index contributed by atoms with van der Waals surface area (Å²) in [5.74, 6) is 0.865.